The van der Waals surface area contributed by atoms with Gasteiger partial charge in [0.25, 0.3) is 0 Å². The third-order valence-electron chi connectivity index (χ3n) is 2.54. The highest BCUT2D eigenvalue weighted by atomic mass is 16.3. The summed E-state index contributed by atoms with van der Waals surface area (Å²) < 4.78 is 5.50. The summed E-state index contributed by atoms with van der Waals surface area (Å²) in [5.74, 6) is 0.0500. The van der Waals surface area contributed by atoms with Crippen molar-refractivity contribution in [2.24, 2.45) is 7.05 Å². The number of aromatic nitrogens is 4. The fraction of sp³-hybridized carbons (Fsp3) is 0.400. The number of rotatable bonds is 3. The summed E-state index contributed by atoms with van der Waals surface area (Å²) in [6, 6.07) is 0. The number of aromatic hydroxyl groups is 1. The maximum atomic E-state index is 9.66. The minimum atomic E-state index is 0.0500. The molecule has 0 spiro atoms. The van der Waals surface area contributed by atoms with Crippen molar-refractivity contribution in [3.63, 3.8) is 0 Å². The lowest BCUT2D eigenvalue weighted by molar-refractivity contribution is -0.671. The minimum Gasteiger partial charge on any atom is -0.492 e. The molecule has 2 heterocycles. The molecule has 0 fully saturated rings. The molecule has 2 rings (SSSR count). The molecule has 2 aromatic heterocycles. The molecule has 0 aliphatic carbocycles. The summed E-state index contributed by atoms with van der Waals surface area (Å²) in [5.41, 5.74) is 6.65. The van der Waals surface area contributed by atoms with Crippen LogP contribution in [0.3, 0.4) is 0 Å². The Morgan fingerprint density at radius 1 is 1.50 bits per heavy atom. The van der Waals surface area contributed by atoms with Crippen molar-refractivity contribution in [1.82, 2.24) is 14.3 Å². The van der Waals surface area contributed by atoms with Gasteiger partial charge >= 0.3 is 0 Å². The number of nitrogens with zero attached hydrogens (tertiary/aromatic N) is 4. The topological polar surface area (TPSA) is 72.9 Å². The Kier molecular flexibility index (Phi) is 2.55. The Hall–Kier alpha value is -1.98. The first-order chi connectivity index (χ1) is 7.58. The van der Waals surface area contributed by atoms with E-state index in [0.717, 1.165) is 6.54 Å². The van der Waals surface area contributed by atoms with Crippen LogP contribution < -0.4 is 10.3 Å². The first kappa shape index (κ1) is 10.5. The maximum Gasteiger partial charge on any atom is 0.243 e. The fourth-order valence-corrected chi connectivity index (χ4v) is 1.58. The van der Waals surface area contributed by atoms with Crippen LogP contribution in [-0.4, -0.2) is 19.5 Å². The predicted molar refractivity (Wildman–Crippen MR) is 58.6 cm³/mol. The molecule has 0 aliphatic heterocycles. The van der Waals surface area contributed by atoms with Gasteiger partial charge in [-0.1, -0.05) is 0 Å². The molecule has 0 unspecified atom stereocenters. The van der Waals surface area contributed by atoms with Crippen LogP contribution in [0.4, 0.5) is 5.69 Å². The van der Waals surface area contributed by atoms with Crippen molar-refractivity contribution in [2.75, 3.05) is 5.73 Å². The molecule has 0 aromatic carbocycles. The highest BCUT2D eigenvalue weighted by Crippen LogP contribution is 2.22. The molecule has 0 radical (unpaired) electrons. The van der Waals surface area contributed by atoms with Gasteiger partial charge in [0.1, 0.15) is 24.6 Å². The predicted octanol–water partition coefficient (Wildman–Crippen LogP) is -0.194. The first-order valence-electron chi connectivity index (χ1n) is 5.11. The number of imidazole rings is 1. The van der Waals surface area contributed by atoms with Crippen LogP contribution in [0.5, 0.6) is 5.88 Å². The van der Waals surface area contributed by atoms with Crippen molar-refractivity contribution >= 4 is 5.69 Å². The van der Waals surface area contributed by atoms with E-state index in [-0.39, 0.29) is 5.88 Å². The largest absolute Gasteiger partial charge is 0.492 e. The van der Waals surface area contributed by atoms with Crippen molar-refractivity contribution in [3.05, 3.63) is 24.4 Å². The zero-order valence-electron chi connectivity index (χ0n) is 9.46. The van der Waals surface area contributed by atoms with E-state index in [1.807, 2.05) is 34.9 Å². The Morgan fingerprint density at radius 2 is 2.25 bits per heavy atom. The van der Waals surface area contributed by atoms with Crippen molar-refractivity contribution in [2.45, 2.75) is 20.0 Å². The average Bonchev–Trinajstić information content (AvgIpc) is 2.76. The van der Waals surface area contributed by atoms with E-state index < -0.39 is 0 Å². The van der Waals surface area contributed by atoms with E-state index in [1.54, 1.807) is 6.92 Å². The molecule has 3 N–H and O–H groups in total. The van der Waals surface area contributed by atoms with Gasteiger partial charge in [-0.2, -0.15) is 5.10 Å². The van der Waals surface area contributed by atoms with Gasteiger partial charge in [0.2, 0.25) is 12.2 Å². The van der Waals surface area contributed by atoms with E-state index in [1.165, 1.54) is 4.68 Å². The minimum absolute atomic E-state index is 0.0500. The monoisotopic (exact) mass is 222 g/mol. The number of hydrogen-bond donors (Lipinski definition) is 2. The van der Waals surface area contributed by atoms with Gasteiger partial charge in [-0.05, 0) is 6.92 Å². The van der Waals surface area contributed by atoms with Crippen LogP contribution in [0.25, 0.3) is 0 Å². The van der Waals surface area contributed by atoms with Gasteiger partial charge in [0.05, 0.1) is 19.3 Å². The van der Waals surface area contributed by atoms with Gasteiger partial charge in [-0.3, -0.25) is 0 Å². The lowest BCUT2D eigenvalue weighted by Gasteiger charge is -2.00. The molecular weight excluding hydrogens is 206 g/mol. The smallest absolute Gasteiger partial charge is 0.243 e. The SMILES string of the molecule is Cc1nn(CCn2cc[n+](C)c2)c(O)c1N. The molecule has 0 saturated heterocycles. The maximum absolute atomic E-state index is 9.66. The Morgan fingerprint density at radius 3 is 2.75 bits per heavy atom. The summed E-state index contributed by atoms with van der Waals surface area (Å²) in [6.45, 7) is 3.12. The van der Waals surface area contributed by atoms with Gasteiger partial charge in [-0.15, -0.1) is 0 Å². The summed E-state index contributed by atoms with van der Waals surface area (Å²) >= 11 is 0. The van der Waals surface area contributed by atoms with Crippen molar-refractivity contribution < 1.29 is 9.67 Å². The molecule has 2 aromatic rings. The highest BCUT2D eigenvalue weighted by molar-refractivity contribution is 5.51. The van der Waals surface area contributed by atoms with Crippen molar-refractivity contribution in [3.8, 4) is 5.88 Å². The second-order valence-electron chi connectivity index (χ2n) is 3.86. The first-order valence-corrected chi connectivity index (χ1v) is 5.11. The van der Waals surface area contributed by atoms with Gasteiger partial charge < -0.3 is 10.8 Å². The molecule has 0 saturated carbocycles. The average molecular weight is 222 g/mol. The number of aryl methyl sites for hydroxylation is 4. The summed E-state index contributed by atoms with van der Waals surface area (Å²) in [7, 11) is 1.96. The van der Waals surface area contributed by atoms with Gasteiger partial charge in [-0.25, -0.2) is 13.8 Å². The summed E-state index contributed by atoms with van der Waals surface area (Å²) in [4.78, 5) is 0. The Bertz CT molecular complexity index is 499. The van der Waals surface area contributed by atoms with E-state index in [9.17, 15) is 5.11 Å². The number of hydrogen-bond acceptors (Lipinski definition) is 3. The molecule has 0 bridgehead atoms. The van der Waals surface area contributed by atoms with Crippen molar-refractivity contribution in [1.29, 1.82) is 0 Å². The zero-order valence-corrected chi connectivity index (χ0v) is 9.46. The van der Waals surface area contributed by atoms with Crippen LogP contribution in [-0.2, 0) is 20.1 Å². The molecule has 16 heavy (non-hydrogen) atoms. The van der Waals surface area contributed by atoms with Crippen LogP contribution in [0.15, 0.2) is 18.7 Å². The number of anilines is 1. The van der Waals surface area contributed by atoms with Crippen LogP contribution in [0.1, 0.15) is 5.69 Å². The molecular formula is C10H16N5O+. The normalized spacial score (nSPS) is 10.9. The highest BCUT2D eigenvalue weighted by Gasteiger charge is 2.11. The standard InChI is InChI=1S/C10H15N5O/c1-8-9(11)10(16)15(12-8)6-5-14-4-3-13(2)7-14/h3-4,7H,5-6,11H2,1-2H3/p+1. The van der Waals surface area contributed by atoms with Crippen LogP contribution in [0, 0.1) is 6.92 Å². The quantitative estimate of drug-likeness (QED) is 0.707. The summed E-state index contributed by atoms with van der Waals surface area (Å²) in [6.07, 6.45) is 5.90. The Labute approximate surface area is 93.5 Å². The molecule has 6 heteroatoms. The molecule has 0 atom stereocenters. The molecule has 0 aliphatic rings. The summed E-state index contributed by atoms with van der Waals surface area (Å²) in [5, 5.41) is 13.8. The second-order valence-corrected chi connectivity index (χ2v) is 3.86. The van der Waals surface area contributed by atoms with E-state index in [0.29, 0.717) is 17.9 Å². The fourth-order valence-electron chi connectivity index (χ4n) is 1.58. The van der Waals surface area contributed by atoms with E-state index >= 15 is 0 Å². The number of nitrogen functional groups attached to an aromatic ring is 1. The second kappa shape index (κ2) is 3.88. The van der Waals surface area contributed by atoms with Crippen LogP contribution >= 0.6 is 0 Å². The molecule has 0 amide bonds. The zero-order chi connectivity index (χ0) is 11.7. The third kappa shape index (κ3) is 1.86. The lowest BCUT2D eigenvalue weighted by atomic mass is 10.4. The third-order valence-corrected chi connectivity index (χ3v) is 2.54. The molecule has 6 nitrogen and oxygen atoms in total. The molecule has 86 valence electrons. The number of nitrogens with two attached hydrogens (primary N) is 1. The van der Waals surface area contributed by atoms with E-state index in [2.05, 4.69) is 5.10 Å². The van der Waals surface area contributed by atoms with Crippen LogP contribution in [0.2, 0.25) is 0 Å². The lowest BCUT2D eigenvalue weighted by Crippen LogP contribution is -2.24. The van der Waals surface area contributed by atoms with E-state index in [4.69, 9.17) is 5.73 Å². The van der Waals surface area contributed by atoms with Gasteiger partial charge in [0, 0.05) is 0 Å². The van der Waals surface area contributed by atoms with Gasteiger partial charge in [0.15, 0.2) is 0 Å². The Balaban J connectivity index is 2.07.